The van der Waals surface area contributed by atoms with E-state index in [4.69, 9.17) is 0 Å². The lowest BCUT2D eigenvalue weighted by molar-refractivity contribution is 0.628. The summed E-state index contributed by atoms with van der Waals surface area (Å²) in [6.45, 7) is 3.95. The molecule has 0 saturated carbocycles. The van der Waals surface area contributed by atoms with Gasteiger partial charge in [0.25, 0.3) is 0 Å². The first-order valence-corrected chi connectivity index (χ1v) is 8.79. The summed E-state index contributed by atoms with van der Waals surface area (Å²) >= 11 is 1.63. The van der Waals surface area contributed by atoms with Gasteiger partial charge in [0, 0.05) is 16.1 Å². The Balaban J connectivity index is 1.94. The largest absolute Gasteiger partial charge is 0.340 e. The molecule has 0 aliphatic heterocycles. The number of aromatic nitrogens is 2. The Hall–Kier alpha value is -2.79. The van der Waals surface area contributed by atoms with Gasteiger partial charge < -0.3 is 5.32 Å². The molecular formula is C20H16FN3S. The van der Waals surface area contributed by atoms with Crippen molar-refractivity contribution in [1.82, 2.24) is 9.97 Å². The smallest absolute Gasteiger partial charge is 0.143 e. The molecule has 2 aromatic heterocycles. The van der Waals surface area contributed by atoms with Gasteiger partial charge in [-0.05, 0) is 43.7 Å². The zero-order valence-corrected chi connectivity index (χ0v) is 14.7. The van der Waals surface area contributed by atoms with E-state index in [0.717, 1.165) is 43.6 Å². The summed E-state index contributed by atoms with van der Waals surface area (Å²) in [7, 11) is 0. The molecule has 5 heteroatoms. The average molecular weight is 349 g/mol. The van der Waals surface area contributed by atoms with E-state index in [1.165, 1.54) is 12.1 Å². The Labute approximate surface area is 149 Å². The predicted octanol–water partition coefficient (Wildman–Crippen LogP) is 5.86. The van der Waals surface area contributed by atoms with Crippen molar-refractivity contribution in [3.63, 3.8) is 0 Å². The first-order valence-electron chi connectivity index (χ1n) is 7.97. The Morgan fingerprint density at radius 2 is 1.64 bits per heavy atom. The van der Waals surface area contributed by atoms with Gasteiger partial charge in [-0.25, -0.2) is 14.4 Å². The third-order valence-electron chi connectivity index (χ3n) is 4.01. The maximum absolute atomic E-state index is 13.3. The molecule has 0 radical (unpaired) electrons. The highest BCUT2D eigenvalue weighted by Crippen LogP contribution is 2.41. The van der Waals surface area contributed by atoms with Crippen LogP contribution < -0.4 is 5.32 Å². The molecule has 0 aliphatic carbocycles. The van der Waals surface area contributed by atoms with Crippen LogP contribution >= 0.6 is 11.3 Å². The van der Waals surface area contributed by atoms with Crippen molar-refractivity contribution < 1.29 is 4.39 Å². The lowest BCUT2D eigenvalue weighted by Crippen LogP contribution is -1.98. The van der Waals surface area contributed by atoms with Crippen LogP contribution in [-0.2, 0) is 0 Å². The Kier molecular flexibility index (Phi) is 3.93. The molecule has 0 amide bonds. The van der Waals surface area contributed by atoms with Gasteiger partial charge in [0.15, 0.2) is 0 Å². The minimum absolute atomic E-state index is 0.240. The summed E-state index contributed by atoms with van der Waals surface area (Å²) in [6.07, 6.45) is 0. The average Bonchev–Trinajstić information content (AvgIpc) is 2.92. The molecule has 0 bridgehead atoms. The van der Waals surface area contributed by atoms with Crippen molar-refractivity contribution in [3.05, 3.63) is 71.1 Å². The van der Waals surface area contributed by atoms with E-state index in [9.17, 15) is 4.39 Å². The van der Waals surface area contributed by atoms with Crippen LogP contribution in [0.2, 0.25) is 0 Å². The number of anilines is 2. The minimum atomic E-state index is -0.240. The van der Waals surface area contributed by atoms with Gasteiger partial charge in [0.05, 0.1) is 5.39 Å². The van der Waals surface area contributed by atoms with Crippen molar-refractivity contribution >= 4 is 33.1 Å². The van der Waals surface area contributed by atoms with Gasteiger partial charge in [-0.3, -0.25) is 0 Å². The summed E-state index contributed by atoms with van der Waals surface area (Å²) in [5, 5.41) is 4.38. The third-order valence-corrected chi connectivity index (χ3v) is 5.01. The second-order valence-electron chi connectivity index (χ2n) is 5.83. The Bertz CT molecular complexity index is 1040. The normalized spacial score (nSPS) is 11.0. The molecule has 25 heavy (non-hydrogen) atoms. The number of nitrogens with one attached hydrogen (secondary N) is 1. The molecule has 3 nitrogen and oxygen atoms in total. The molecule has 0 fully saturated rings. The van der Waals surface area contributed by atoms with Crippen LogP contribution in [-0.4, -0.2) is 9.97 Å². The molecule has 0 spiro atoms. The molecule has 2 aromatic carbocycles. The summed E-state index contributed by atoms with van der Waals surface area (Å²) < 4.78 is 13.3. The van der Waals surface area contributed by atoms with Crippen LogP contribution in [0, 0.1) is 19.7 Å². The molecule has 2 heterocycles. The van der Waals surface area contributed by atoms with Crippen molar-refractivity contribution in [2.45, 2.75) is 13.8 Å². The molecule has 1 N–H and O–H groups in total. The summed E-state index contributed by atoms with van der Waals surface area (Å²) in [4.78, 5) is 11.3. The van der Waals surface area contributed by atoms with Gasteiger partial charge in [-0.1, -0.05) is 30.3 Å². The van der Waals surface area contributed by atoms with Gasteiger partial charge in [-0.2, -0.15) is 0 Å². The summed E-state index contributed by atoms with van der Waals surface area (Å²) in [5.41, 5.74) is 2.99. The van der Waals surface area contributed by atoms with Crippen molar-refractivity contribution in [2.75, 3.05) is 5.32 Å². The van der Waals surface area contributed by atoms with Crippen molar-refractivity contribution in [3.8, 4) is 11.1 Å². The van der Waals surface area contributed by atoms with Crippen LogP contribution in [0.3, 0.4) is 0 Å². The predicted molar refractivity (Wildman–Crippen MR) is 102 cm³/mol. The first-order chi connectivity index (χ1) is 12.1. The molecule has 0 saturated heterocycles. The molecule has 0 unspecified atom stereocenters. The molecular weight excluding hydrogens is 333 g/mol. The zero-order valence-electron chi connectivity index (χ0n) is 13.9. The van der Waals surface area contributed by atoms with E-state index in [0.29, 0.717) is 0 Å². The lowest BCUT2D eigenvalue weighted by Gasteiger charge is -2.10. The van der Waals surface area contributed by atoms with Crippen LogP contribution in [0.4, 0.5) is 15.9 Å². The van der Waals surface area contributed by atoms with Crippen molar-refractivity contribution in [2.24, 2.45) is 0 Å². The number of hydrogen-bond acceptors (Lipinski definition) is 4. The number of fused-ring (bicyclic) bond motifs is 1. The number of hydrogen-bond donors (Lipinski definition) is 1. The standard InChI is InChI=1S/C20H16FN3S/c1-12-17(14-8-10-15(21)11-9-14)18-19(22-13(2)23-20(18)25-12)24-16-6-4-3-5-7-16/h3-11H,1-2H3,(H,22,23,24). The number of benzene rings is 2. The number of aryl methyl sites for hydroxylation is 2. The molecule has 4 aromatic rings. The summed E-state index contributed by atoms with van der Waals surface area (Å²) in [5.74, 6) is 1.26. The maximum Gasteiger partial charge on any atom is 0.143 e. The highest BCUT2D eigenvalue weighted by molar-refractivity contribution is 7.19. The van der Waals surface area contributed by atoms with Gasteiger partial charge in [-0.15, -0.1) is 11.3 Å². The number of nitrogens with zero attached hydrogens (tertiary/aromatic N) is 2. The van der Waals surface area contributed by atoms with E-state index in [-0.39, 0.29) is 5.82 Å². The maximum atomic E-state index is 13.3. The summed E-state index contributed by atoms with van der Waals surface area (Å²) in [6, 6.07) is 16.5. The number of para-hydroxylation sites is 1. The minimum Gasteiger partial charge on any atom is -0.340 e. The zero-order chi connectivity index (χ0) is 17.4. The lowest BCUT2D eigenvalue weighted by atomic mass is 10.0. The van der Waals surface area contributed by atoms with Gasteiger partial charge in [0.2, 0.25) is 0 Å². The highest BCUT2D eigenvalue weighted by atomic mass is 32.1. The van der Waals surface area contributed by atoms with Crippen LogP contribution in [0.15, 0.2) is 54.6 Å². The van der Waals surface area contributed by atoms with E-state index in [1.54, 1.807) is 23.5 Å². The van der Waals surface area contributed by atoms with Crippen LogP contribution in [0.5, 0.6) is 0 Å². The van der Waals surface area contributed by atoms with Crippen molar-refractivity contribution in [1.29, 1.82) is 0 Å². The number of rotatable bonds is 3. The second-order valence-corrected chi connectivity index (χ2v) is 7.03. The van der Waals surface area contributed by atoms with Crippen LogP contribution in [0.25, 0.3) is 21.3 Å². The molecule has 124 valence electrons. The van der Waals surface area contributed by atoms with E-state index >= 15 is 0 Å². The fraction of sp³-hybridized carbons (Fsp3) is 0.100. The van der Waals surface area contributed by atoms with Crippen LogP contribution in [0.1, 0.15) is 10.7 Å². The van der Waals surface area contributed by atoms with E-state index in [2.05, 4.69) is 22.2 Å². The third kappa shape index (κ3) is 2.98. The fourth-order valence-electron chi connectivity index (χ4n) is 2.93. The second kappa shape index (κ2) is 6.26. The first kappa shape index (κ1) is 15.7. The van der Waals surface area contributed by atoms with Gasteiger partial charge in [0.1, 0.15) is 22.3 Å². The number of halogens is 1. The molecule has 0 aliphatic rings. The fourth-order valence-corrected chi connectivity index (χ4v) is 4.02. The molecule has 4 rings (SSSR count). The Morgan fingerprint density at radius 1 is 0.920 bits per heavy atom. The van der Waals surface area contributed by atoms with Gasteiger partial charge >= 0.3 is 0 Å². The SMILES string of the molecule is Cc1nc(Nc2ccccc2)c2c(-c3ccc(F)cc3)c(C)sc2n1. The molecule has 0 atom stereocenters. The quantitative estimate of drug-likeness (QED) is 0.503. The monoisotopic (exact) mass is 349 g/mol. The van der Waals surface area contributed by atoms with E-state index < -0.39 is 0 Å². The highest BCUT2D eigenvalue weighted by Gasteiger charge is 2.18. The van der Waals surface area contributed by atoms with E-state index in [1.807, 2.05) is 37.3 Å². The Morgan fingerprint density at radius 3 is 2.36 bits per heavy atom. The number of thiophene rings is 1. The topological polar surface area (TPSA) is 37.8 Å².